The van der Waals surface area contributed by atoms with E-state index in [0.29, 0.717) is 17.5 Å². The van der Waals surface area contributed by atoms with Gasteiger partial charge in [0.15, 0.2) is 17.5 Å². The van der Waals surface area contributed by atoms with Gasteiger partial charge in [0, 0.05) is 61.0 Å². The second kappa shape index (κ2) is 17.4. The predicted octanol–water partition coefficient (Wildman–Crippen LogP) is 17.6. The number of hydrogen-bond donors (Lipinski definition) is 0. The standard InChI is InChI=1S/C70H45N5/c1-5-22-45(23-6-1)58-42-49(70-72-68(47-26-9-3-10-27-47)71-69(73-70)48-28-11-4-12-29-48)43-59(46-24-7-2-8-25-46)67(58)75-63-41-40-50(74-61-37-19-17-32-53(61)54-33-18-20-38-62(54)74)44-60(63)66-57(36-21-39-64(66)75)65-55-34-15-13-30-51(55)52-31-14-16-35-56(52)65/h1-44,65H. The van der Waals surface area contributed by atoms with Gasteiger partial charge in [0.2, 0.25) is 0 Å². The summed E-state index contributed by atoms with van der Waals surface area (Å²) in [4.78, 5) is 15.7. The highest BCUT2D eigenvalue weighted by atomic mass is 15.0. The van der Waals surface area contributed by atoms with Crippen LogP contribution in [0.1, 0.15) is 22.6 Å². The molecular weight excluding hydrogens is 911 g/mol. The molecule has 0 aliphatic heterocycles. The average molecular weight is 956 g/mol. The van der Waals surface area contributed by atoms with E-state index in [1.54, 1.807) is 0 Å². The van der Waals surface area contributed by atoms with Gasteiger partial charge >= 0.3 is 0 Å². The van der Waals surface area contributed by atoms with Crippen LogP contribution in [0, 0.1) is 0 Å². The van der Waals surface area contributed by atoms with Crippen molar-refractivity contribution < 1.29 is 0 Å². The minimum Gasteiger partial charge on any atom is -0.309 e. The van der Waals surface area contributed by atoms with Gasteiger partial charge < -0.3 is 9.13 Å². The fourth-order valence-electron chi connectivity index (χ4n) is 12.0. The Hall–Kier alpha value is -9.97. The third-order valence-electron chi connectivity index (χ3n) is 15.2. The lowest BCUT2D eigenvalue weighted by atomic mass is 9.86. The van der Waals surface area contributed by atoms with Crippen molar-refractivity contribution in [2.45, 2.75) is 5.92 Å². The molecule has 0 unspecified atom stereocenters. The van der Waals surface area contributed by atoms with E-state index in [9.17, 15) is 0 Å². The van der Waals surface area contributed by atoms with E-state index in [-0.39, 0.29) is 5.92 Å². The monoisotopic (exact) mass is 955 g/mol. The zero-order chi connectivity index (χ0) is 49.4. The molecule has 0 N–H and O–H groups in total. The van der Waals surface area contributed by atoms with Crippen molar-refractivity contribution in [3.05, 3.63) is 284 Å². The molecule has 0 atom stereocenters. The molecule has 1 aliphatic carbocycles. The molecule has 0 saturated heterocycles. The Bertz CT molecular complexity index is 4300. The summed E-state index contributed by atoms with van der Waals surface area (Å²) >= 11 is 0. The van der Waals surface area contributed by atoms with Gasteiger partial charge in [-0.15, -0.1) is 0 Å². The molecule has 11 aromatic carbocycles. The molecule has 350 valence electrons. The molecule has 5 nitrogen and oxygen atoms in total. The summed E-state index contributed by atoms with van der Waals surface area (Å²) < 4.78 is 4.99. The van der Waals surface area contributed by atoms with Gasteiger partial charge in [-0.05, 0) is 87.5 Å². The van der Waals surface area contributed by atoms with E-state index >= 15 is 0 Å². The van der Waals surface area contributed by atoms with Crippen molar-refractivity contribution in [2.24, 2.45) is 0 Å². The molecule has 0 radical (unpaired) electrons. The van der Waals surface area contributed by atoms with E-state index in [2.05, 4.69) is 240 Å². The number of nitrogens with zero attached hydrogens (tertiary/aromatic N) is 5. The van der Waals surface area contributed by atoms with Crippen molar-refractivity contribution in [1.82, 2.24) is 24.1 Å². The molecule has 0 amide bonds. The molecule has 0 fully saturated rings. The fourth-order valence-corrected chi connectivity index (χ4v) is 12.0. The lowest BCUT2D eigenvalue weighted by Gasteiger charge is -2.21. The summed E-state index contributed by atoms with van der Waals surface area (Å²) in [5.74, 6) is 1.86. The summed E-state index contributed by atoms with van der Waals surface area (Å²) in [6.45, 7) is 0. The minimum atomic E-state index is 0.0167. The van der Waals surface area contributed by atoms with E-state index < -0.39 is 0 Å². The summed E-state index contributed by atoms with van der Waals surface area (Å²) in [6, 6.07) is 96.3. The van der Waals surface area contributed by atoms with Crippen molar-refractivity contribution in [3.63, 3.8) is 0 Å². The van der Waals surface area contributed by atoms with Crippen LogP contribution >= 0.6 is 0 Å². The molecule has 1 aliphatic rings. The van der Waals surface area contributed by atoms with Crippen molar-refractivity contribution >= 4 is 43.6 Å². The van der Waals surface area contributed by atoms with Gasteiger partial charge in [-0.3, -0.25) is 0 Å². The lowest BCUT2D eigenvalue weighted by molar-refractivity contribution is 1.03. The third kappa shape index (κ3) is 6.89. The maximum atomic E-state index is 5.30. The van der Waals surface area contributed by atoms with Crippen molar-refractivity contribution in [1.29, 1.82) is 0 Å². The summed E-state index contributed by atoms with van der Waals surface area (Å²) in [7, 11) is 0. The number of aromatic nitrogens is 5. The van der Waals surface area contributed by atoms with Gasteiger partial charge in [-0.2, -0.15) is 0 Å². The van der Waals surface area contributed by atoms with Crippen LogP contribution in [0.3, 0.4) is 0 Å². The molecule has 15 rings (SSSR count). The summed E-state index contributed by atoms with van der Waals surface area (Å²) in [5, 5.41) is 4.88. The second-order valence-corrected chi connectivity index (χ2v) is 19.4. The SMILES string of the molecule is c1ccc(-c2nc(-c3ccccc3)nc(-c3cc(-c4ccccc4)c(-n4c5ccc(-n6c7ccccc7c7ccccc76)cc5c5c(C6c7ccccc7-c7ccccc76)cccc54)c(-c4ccccc4)c3)n2)cc1. The maximum absolute atomic E-state index is 5.30. The van der Waals surface area contributed by atoms with Gasteiger partial charge in [-0.1, -0.05) is 218 Å². The van der Waals surface area contributed by atoms with E-state index in [1.165, 1.54) is 60.4 Å². The average Bonchev–Trinajstić information content (AvgIpc) is 4.21. The first-order chi connectivity index (χ1) is 37.2. The number of rotatable bonds is 8. The number of para-hydroxylation sites is 2. The smallest absolute Gasteiger partial charge is 0.164 e. The number of fused-ring (bicyclic) bond motifs is 9. The minimum absolute atomic E-state index is 0.0167. The van der Waals surface area contributed by atoms with Crippen LogP contribution in [0.15, 0.2) is 267 Å². The van der Waals surface area contributed by atoms with Crippen molar-refractivity contribution in [2.75, 3.05) is 0 Å². The first-order valence-electron chi connectivity index (χ1n) is 25.6. The van der Waals surface area contributed by atoms with E-state index in [1.807, 2.05) is 36.4 Å². The number of benzene rings is 11. The van der Waals surface area contributed by atoms with Crippen LogP contribution in [0.5, 0.6) is 0 Å². The quantitative estimate of drug-likeness (QED) is 0.152. The van der Waals surface area contributed by atoms with Crippen molar-refractivity contribution in [3.8, 4) is 78.9 Å². The van der Waals surface area contributed by atoms with Crippen LogP contribution in [0.25, 0.3) is 123 Å². The van der Waals surface area contributed by atoms with Gasteiger partial charge in [0.25, 0.3) is 0 Å². The molecule has 3 aromatic heterocycles. The molecule has 0 saturated carbocycles. The van der Waals surface area contributed by atoms with Gasteiger partial charge in [0.1, 0.15) is 0 Å². The predicted molar refractivity (Wildman–Crippen MR) is 309 cm³/mol. The highest BCUT2D eigenvalue weighted by Crippen LogP contribution is 2.52. The Labute approximate surface area is 434 Å². The topological polar surface area (TPSA) is 48.5 Å². The lowest BCUT2D eigenvalue weighted by Crippen LogP contribution is -2.04. The van der Waals surface area contributed by atoms with Crippen LogP contribution in [0.4, 0.5) is 0 Å². The van der Waals surface area contributed by atoms with Crippen LogP contribution in [-0.2, 0) is 0 Å². The molecule has 3 heterocycles. The Morgan fingerprint density at radius 3 is 1.21 bits per heavy atom. The molecule has 14 aromatic rings. The number of hydrogen-bond acceptors (Lipinski definition) is 3. The molecule has 75 heavy (non-hydrogen) atoms. The second-order valence-electron chi connectivity index (χ2n) is 19.4. The van der Waals surface area contributed by atoms with Gasteiger partial charge in [-0.25, -0.2) is 15.0 Å². The molecular formula is C70H45N5. The van der Waals surface area contributed by atoms with Crippen LogP contribution in [0.2, 0.25) is 0 Å². The summed E-state index contributed by atoms with van der Waals surface area (Å²) in [5.41, 5.74) is 20.3. The Kier molecular flexibility index (Phi) is 9.88. The van der Waals surface area contributed by atoms with Gasteiger partial charge in [0.05, 0.1) is 27.8 Å². The van der Waals surface area contributed by atoms with E-state index in [4.69, 9.17) is 15.0 Å². The Morgan fingerprint density at radius 1 is 0.267 bits per heavy atom. The Balaban J connectivity index is 1.07. The fraction of sp³-hybridized carbons (Fsp3) is 0.0143. The molecule has 0 spiro atoms. The zero-order valence-electron chi connectivity index (χ0n) is 40.7. The first-order valence-corrected chi connectivity index (χ1v) is 25.6. The van der Waals surface area contributed by atoms with Crippen LogP contribution < -0.4 is 0 Å². The summed E-state index contributed by atoms with van der Waals surface area (Å²) in [6.07, 6.45) is 0. The molecule has 5 heteroatoms. The highest BCUT2D eigenvalue weighted by Gasteiger charge is 2.33. The third-order valence-corrected chi connectivity index (χ3v) is 15.2. The highest BCUT2D eigenvalue weighted by molar-refractivity contribution is 6.15. The Morgan fingerprint density at radius 2 is 0.680 bits per heavy atom. The first kappa shape index (κ1) is 42.7. The largest absolute Gasteiger partial charge is 0.309 e. The normalized spacial score (nSPS) is 12.2. The molecule has 0 bridgehead atoms. The maximum Gasteiger partial charge on any atom is 0.164 e. The van der Waals surface area contributed by atoms with E-state index in [0.717, 1.165) is 61.4 Å². The van der Waals surface area contributed by atoms with Crippen LogP contribution in [-0.4, -0.2) is 24.1 Å². The zero-order valence-corrected chi connectivity index (χ0v) is 40.7.